The Labute approximate surface area is 235 Å². The molecule has 3 heterocycles. The molecule has 39 heavy (non-hydrogen) atoms. The van der Waals surface area contributed by atoms with Gasteiger partial charge >= 0.3 is 0 Å². The van der Waals surface area contributed by atoms with E-state index in [9.17, 15) is 14.7 Å². The fraction of sp³-hybridized carbons (Fsp3) is 0.258. The number of hydrogen-bond donors (Lipinski definition) is 1. The highest BCUT2D eigenvalue weighted by molar-refractivity contribution is 7.22. The molecule has 3 unspecified atom stereocenters. The molecule has 6 rings (SSSR count). The third-order valence-corrected chi connectivity index (χ3v) is 9.96. The van der Waals surface area contributed by atoms with E-state index in [1.54, 1.807) is 35.2 Å². The van der Waals surface area contributed by atoms with Gasteiger partial charge in [0.25, 0.3) is 0 Å². The van der Waals surface area contributed by atoms with Crippen LogP contribution in [-0.4, -0.2) is 26.7 Å². The first-order valence-corrected chi connectivity index (χ1v) is 14.0. The van der Waals surface area contributed by atoms with Crippen LogP contribution in [0.1, 0.15) is 36.0 Å². The first-order chi connectivity index (χ1) is 18.6. The summed E-state index contributed by atoms with van der Waals surface area (Å²) in [6, 6.07) is 13.0. The number of nitrogens with zero attached hydrogens (tertiary/aromatic N) is 3. The summed E-state index contributed by atoms with van der Waals surface area (Å²) in [4.78, 5) is 30.6. The highest BCUT2D eigenvalue weighted by atomic mass is 35.5. The van der Waals surface area contributed by atoms with Crippen molar-refractivity contribution >= 4 is 50.7 Å². The van der Waals surface area contributed by atoms with Crippen molar-refractivity contribution in [3.8, 4) is 16.3 Å². The molecule has 2 amide bonds. The van der Waals surface area contributed by atoms with Crippen molar-refractivity contribution in [2.75, 3.05) is 4.90 Å². The van der Waals surface area contributed by atoms with Gasteiger partial charge in [-0.3, -0.25) is 14.3 Å². The zero-order valence-corrected chi connectivity index (χ0v) is 23.7. The van der Waals surface area contributed by atoms with Gasteiger partial charge in [0.05, 0.1) is 16.2 Å². The highest BCUT2D eigenvalue weighted by Gasteiger charge is 2.62. The lowest BCUT2D eigenvalue weighted by atomic mass is 9.60. The quantitative estimate of drug-likeness (QED) is 0.272. The second-order valence-electron chi connectivity index (χ2n) is 10.6. The fourth-order valence-corrected chi connectivity index (χ4v) is 7.64. The second kappa shape index (κ2) is 8.93. The van der Waals surface area contributed by atoms with Gasteiger partial charge < -0.3 is 5.11 Å². The number of imide groups is 1. The summed E-state index contributed by atoms with van der Waals surface area (Å²) in [5.74, 6) is -0.744. The molecule has 0 bridgehead atoms. The number of anilines is 1. The van der Waals surface area contributed by atoms with Gasteiger partial charge in [-0.05, 0) is 79.1 Å². The van der Waals surface area contributed by atoms with E-state index in [2.05, 4.69) is 6.58 Å². The van der Waals surface area contributed by atoms with Crippen LogP contribution in [0.4, 0.5) is 5.82 Å². The average Bonchev–Trinajstić information content (AvgIpc) is 3.50. The van der Waals surface area contributed by atoms with Crippen molar-refractivity contribution < 1.29 is 14.7 Å². The van der Waals surface area contributed by atoms with E-state index in [1.165, 1.54) is 4.90 Å². The molecular weight excluding hydrogens is 530 g/mol. The fourth-order valence-electron chi connectivity index (χ4n) is 6.32. The van der Waals surface area contributed by atoms with E-state index in [4.69, 9.17) is 16.7 Å². The molecule has 0 saturated carbocycles. The van der Waals surface area contributed by atoms with Gasteiger partial charge in [-0.1, -0.05) is 42.5 Å². The molecule has 1 aliphatic carbocycles. The lowest BCUT2D eigenvalue weighted by molar-refractivity contribution is -0.127. The molecule has 1 fully saturated rings. The van der Waals surface area contributed by atoms with E-state index in [0.29, 0.717) is 28.5 Å². The van der Waals surface area contributed by atoms with Gasteiger partial charge in [-0.25, -0.2) is 4.90 Å². The number of phenols is 1. The Balaban J connectivity index is 1.45. The van der Waals surface area contributed by atoms with Crippen LogP contribution in [0.15, 0.2) is 66.8 Å². The number of benzene rings is 2. The Kier molecular flexibility index (Phi) is 5.86. The van der Waals surface area contributed by atoms with Crippen molar-refractivity contribution in [1.82, 2.24) is 9.78 Å². The summed E-state index contributed by atoms with van der Waals surface area (Å²) in [6.45, 7) is 9.75. The second-order valence-corrected chi connectivity index (χ2v) is 12.1. The number of phenolic OH excluding ortho intramolecular Hbond substituents is 1. The Bertz CT molecular complexity index is 1750. The number of allylic oxidation sites excluding steroid dienone is 3. The number of aryl methyl sites for hydroxylation is 3. The van der Waals surface area contributed by atoms with E-state index in [0.717, 1.165) is 31.7 Å². The molecule has 0 radical (unpaired) electrons. The zero-order valence-electron chi connectivity index (χ0n) is 22.2. The van der Waals surface area contributed by atoms with Gasteiger partial charge in [0, 0.05) is 28.8 Å². The van der Waals surface area contributed by atoms with Crippen LogP contribution in [0.2, 0.25) is 5.02 Å². The van der Waals surface area contributed by atoms with Gasteiger partial charge in [0.2, 0.25) is 11.8 Å². The van der Waals surface area contributed by atoms with Crippen LogP contribution >= 0.6 is 22.9 Å². The molecule has 2 aromatic carbocycles. The maximum Gasteiger partial charge on any atom is 0.242 e. The minimum absolute atomic E-state index is 0.192. The topological polar surface area (TPSA) is 75.4 Å². The smallest absolute Gasteiger partial charge is 0.242 e. The number of carbonyl (C=O) groups is 2. The SMILES string of the molecule is C=CC1=CCC2C(=O)N(c3cc(-c4sc5ccc(Cl)cc5c4C)nn3C)C(=O)C2(C)C1c1ccc(O)c(C)c1. The lowest BCUT2D eigenvalue weighted by Gasteiger charge is -2.40. The maximum absolute atomic E-state index is 14.4. The predicted molar refractivity (Wildman–Crippen MR) is 156 cm³/mol. The van der Waals surface area contributed by atoms with Gasteiger partial charge in [0.1, 0.15) is 17.3 Å². The summed E-state index contributed by atoms with van der Waals surface area (Å²) < 4.78 is 2.71. The van der Waals surface area contributed by atoms with Crippen LogP contribution in [0.25, 0.3) is 20.7 Å². The normalized spacial score (nSPS) is 22.9. The van der Waals surface area contributed by atoms with Crippen molar-refractivity contribution in [3.05, 3.63) is 88.5 Å². The Morgan fingerprint density at radius 1 is 1.18 bits per heavy atom. The summed E-state index contributed by atoms with van der Waals surface area (Å²) in [7, 11) is 1.76. The van der Waals surface area contributed by atoms with Crippen molar-refractivity contribution in [2.24, 2.45) is 18.4 Å². The lowest BCUT2D eigenvalue weighted by Crippen LogP contribution is -2.42. The molecular formula is C31H28ClN3O3S. The molecule has 3 atom stereocenters. The molecule has 6 nitrogen and oxygen atoms in total. The third kappa shape index (κ3) is 3.63. The largest absolute Gasteiger partial charge is 0.508 e. The molecule has 198 valence electrons. The van der Waals surface area contributed by atoms with Crippen LogP contribution < -0.4 is 4.90 Å². The molecule has 0 spiro atoms. The Morgan fingerprint density at radius 2 is 1.95 bits per heavy atom. The van der Waals surface area contributed by atoms with Crippen LogP contribution in [0.3, 0.4) is 0 Å². The number of rotatable bonds is 4. The summed E-state index contributed by atoms with van der Waals surface area (Å²) in [6.07, 6.45) is 4.24. The monoisotopic (exact) mass is 557 g/mol. The standard InChI is InChI=1S/C31H28ClN3O3S/c1-6-18-7-10-22-29(37)35(30(38)31(22,4)27(18)19-8-11-24(36)16(2)13-19)26-15-23(33-34(26)5)28-17(3)21-14-20(32)9-12-25(21)39-28/h6-9,11-15,22,27,36H,1,10H2,2-5H3. The minimum Gasteiger partial charge on any atom is -0.508 e. The van der Waals surface area contributed by atoms with Crippen molar-refractivity contribution in [1.29, 1.82) is 0 Å². The highest BCUT2D eigenvalue weighted by Crippen LogP contribution is 2.57. The summed E-state index contributed by atoms with van der Waals surface area (Å²) >= 11 is 7.85. The van der Waals surface area contributed by atoms with Gasteiger partial charge in [0.15, 0.2) is 0 Å². The minimum atomic E-state index is -1.02. The number of amides is 2. The number of fused-ring (bicyclic) bond motifs is 2. The predicted octanol–water partition coefficient (Wildman–Crippen LogP) is 7.07. The molecule has 1 saturated heterocycles. The van der Waals surface area contributed by atoms with Crippen LogP contribution in [0, 0.1) is 25.2 Å². The van der Waals surface area contributed by atoms with E-state index in [-0.39, 0.29) is 23.5 Å². The number of hydrogen-bond acceptors (Lipinski definition) is 5. The summed E-state index contributed by atoms with van der Waals surface area (Å²) in [5.41, 5.74) is 3.24. The first-order valence-electron chi connectivity index (χ1n) is 12.8. The van der Waals surface area contributed by atoms with Crippen molar-refractivity contribution in [2.45, 2.75) is 33.1 Å². The first kappa shape index (κ1) is 25.6. The van der Waals surface area contributed by atoms with Gasteiger partial charge in [-0.2, -0.15) is 5.10 Å². The van der Waals surface area contributed by atoms with E-state index in [1.807, 2.05) is 63.2 Å². The number of thiophene rings is 1. The number of aromatic hydroxyl groups is 1. The average molecular weight is 558 g/mol. The molecule has 2 aromatic heterocycles. The number of aromatic nitrogens is 2. The van der Waals surface area contributed by atoms with Gasteiger partial charge in [-0.15, -0.1) is 11.3 Å². The van der Waals surface area contributed by atoms with Crippen LogP contribution in [0.5, 0.6) is 5.75 Å². The Morgan fingerprint density at radius 3 is 2.67 bits per heavy atom. The molecule has 1 N–H and O–H groups in total. The number of carbonyl (C=O) groups excluding carboxylic acids is 2. The molecule has 1 aliphatic heterocycles. The molecule has 2 aliphatic rings. The molecule has 4 aromatic rings. The molecule has 8 heteroatoms. The van der Waals surface area contributed by atoms with E-state index < -0.39 is 11.3 Å². The van der Waals surface area contributed by atoms with E-state index >= 15 is 0 Å². The third-order valence-electron chi connectivity index (χ3n) is 8.43. The van der Waals surface area contributed by atoms with Crippen LogP contribution in [-0.2, 0) is 16.6 Å². The maximum atomic E-state index is 14.4. The Hall–Kier alpha value is -3.68. The zero-order chi connectivity index (χ0) is 27.8. The number of halogens is 1. The van der Waals surface area contributed by atoms with Crippen molar-refractivity contribution in [3.63, 3.8) is 0 Å². The summed E-state index contributed by atoms with van der Waals surface area (Å²) in [5, 5.41) is 16.6.